The molecule has 36 heavy (non-hydrogen) atoms. The van der Waals surface area contributed by atoms with Gasteiger partial charge in [0.05, 0.1) is 5.56 Å². The molecule has 0 saturated heterocycles. The molecule has 2 atom stereocenters. The maximum Gasteiger partial charge on any atom is 0.416 e. The van der Waals surface area contributed by atoms with Crippen molar-refractivity contribution < 1.29 is 27.4 Å². The summed E-state index contributed by atoms with van der Waals surface area (Å²) in [6.45, 7) is 2.38. The van der Waals surface area contributed by atoms with E-state index < -0.39 is 23.9 Å². The van der Waals surface area contributed by atoms with Gasteiger partial charge in [0, 0.05) is 26.1 Å². The number of halogens is 3. The molecule has 8 heteroatoms. The molecule has 0 heterocycles. The second kappa shape index (κ2) is 11.9. The molecular formula is C28H31F3N2O3. The largest absolute Gasteiger partial charge is 0.486 e. The van der Waals surface area contributed by atoms with E-state index in [1.54, 1.807) is 13.1 Å². The molecule has 0 fully saturated rings. The number of benzene rings is 3. The van der Waals surface area contributed by atoms with Crippen LogP contribution in [0.4, 0.5) is 18.0 Å². The fourth-order valence-electron chi connectivity index (χ4n) is 3.57. The van der Waals surface area contributed by atoms with E-state index in [0.717, 1.165) is 23.3 Å². The fraction of sp³-hybridized carbons (Fsp3) is 0.321. The second-order valence-electron chi connectivity index (χ2n) is 8.83. The first-order valence-corrected chi connectivity index (χ1v) is 11.6. The Balaban J connectivity index is 1.65. The summed E-state index contributed by atoms with van der Waals surface area (Å²) in [7, 11) is 5.59. The summed E-state index contributed by atoms with van der Waals surface area (Å²) in [5, 5.41) is 0. The lowest BCUT2D eigenvalue weighted by Gasteiger charge is -2.24. The molecule has 0 aliphatic rings. The third-order valence-electron chi connectivity index (χ3n) is 5.99. The van der Waals surface area contributed by atoms with E-state index in [2.05, 4.69) is 11.8 Å². The van der Waals surface area contributed by atoms with Crippen LogP contribution in [0.1, 0.15) is 42.2 Å². The number of hydrogen-bond acceptors (Lipinski definition) is 4. The van der Waals surface area contributed by atoms with Crippen molar-refractivity contribution in [1.82, 2.24) is 9.80 Å². The van der Waals surface area contributed by atoms with Crippen molar-refractivity contribution in [2.75, 3.05) is 27.7 Å². The van der Waals surface area contributed by atoms with E-state index in [4.69, 9.17) is 9.47 Å². The predicted octanol–water partition coefficient (Wildman–Crippen LogP) is 6.97. The molecule has 0 aliphatic carbocycles. The average molecular weight is 501 g/mol. The lowest BCUT2D eigenvalue weighted by atomic mass is 10.1. The van der Waals surface area contributed by atoms with Gasteiger partial charge in [-0.2, -0.15) is 13.2 Å². The third kappa shape index (κ3) is 7.49. The monoisotopic (exact) mass is 500 g/mol. The number of rotatable bonds is 9. The van der Waals surface area contributed by atoms with Crippen LogP contribution in [0.15, 0.2) is 78.9 Å². The first kappa shape index (κ1) is 27.1. The van der Waals surface area contributed by atoms with Crippen LogP contribution in [0.3, 0.4) is 0 Å². The van der Waals surface area contributed by atoms with Gasteiger partial charge in [-0.3, -0.25) is 0 Å². The Morgan fingerprint density at radius 1 is 0.861 bits per heavy atom. The van der Waals surface area contributed by atoms with Gasteiger partial charge in [0.25, 0.3) is 0 Å². The van der Waals surface area contributed by atoms with Crippen molar-refractivity contribution in [3.63, 3.8) is 0 Å². The Kier molecular flexibility index (Phi) is 8.98. The van der Waals surface area contributed by atoms with Crippen molar-refractivity contribution in [1.29, 1.82) is 0 Å². The van der Waals surface area contributed by atoms with Gasteiger partial charge in [-0.05, 0) is 68.5 Å². The van der Waals surface area contributed by atoms with E-state index in [0.29, 0.717) is 24.5 Å². The van der Waals surface area contributed by atoms with Gasteiger partial charge in [-0.25, -0.2) is 4.79 Å². The topological polar surface area (TPSA) is 42.0 Å². The molecule has 3 aromatic rings. The van der Waals surface area contributed by atoms with Crippen LogP contribution >= 0.6 is 0 Å². The maximum atomic E-state index is 12.9. The number of ether oxygens (including phenoxy) is 2. The van der Waals surface area contributed by atoms with Crippen molar-refractivity contribution >= 4 is 6.09 Å². The molecule has 1 amide bonds. The zero-order valence-electron chi connectivity index (χ0n) is 20.8. The molecule has 5 nitrogen and oxygen atoms in total. The molecule has 0 aliphatic heterocycles. The van der Waals surface area contributed by atoms with Crippen LogP contribution in [-0.4, -0.2) is 43.6 Å². The average Bonchev–Trinajstić information content (AvgIpc) is 2.86. The predicted molar refractivity (Wildman–Crippen MR) is 133 cm³/mol. The van der Waals surface area contributed by atoms with Crippen molar-refractivity contribution in [3.05, 3.63) is 95.6 Å². The molecule has 0 bridgehead atoms. The van der Waals surface area contributed by atoms with Crippen LogP contribution in [0.25, 0.3) is 0 Å². The highest BCUT2D eigenvalue weighted by Crippen LogP contribution is 2.32. The van der Waals surface area contributed by atoms with Crippen LogP contribution in [0.5, 0.6) is 11.5 Å². The second-order valence-corrected chi connectivity index (χ2v) is 8.83. The zero-order chi connectivity index (χ0) is 26.3. The van der Waals surface area contributed by atoms with Gasteiger partial charge in [0.15, 0.2) is 0 Å². The van der Waals surface area contributed by atoms with Gasteiger partial charge in [-0.1, -0.05) is 42.5 Å². The van der Waals surface area contributed by atoms with Crippen molar-refractivity contribution in [2.24, 2.45) is 0 Å². The van der Waals surface area contributed by atoms with Gasteiger partial charge in [-0.15, -0.1) is 0 Å². The molecular weight excluding hydrogens is 469 g/mol. The highest BCUT2D eigenvalue weighted by Gasteiger charge is 2.30. The molecule has 2 unspecified atom stereocenters. The highest BCUT2D eigenvalue weighted by molar-refractivity contribution is 5.70. The quantitative estimate of drug-likeness (QED) is 0.318. The molecule has 192 valence electrons. The Hall–Kier alpha value is -3.52. The number of carbonyl (C=O) groups is 1. The lowest BCUT2D eigenvalue weighted by Crippen LogP contribution is -2.32. The number of hydrogen-bond donors (Lipinski definition) is 0. The van der Waals surface area contributed by atoms with Crippen LogP contribution in [0, 0.1) is 0 Å². The van der Waals surface area contributed by atoms with E-state index in [1.165, 1.54) is 17.0 Å². The van der Waals surface area contributed by atoms with Gasteiger partial charge < -0.3 is 19.3 Å². The highest BCUT2D eigenvalue weighted by atomic mass is 19.4. The van der Waals surface area contributed by atoms with Gasteiger partial charge >= 0.3 is 12.3 Å². The summed E-state index contributed by atoms with van der Waals surface area (Å²) in [4.78, 5) is 16.2. The maximum absolute atomic E-state index is 12.9. The van der Waals surface area contributed by atoms with Crippen LogP contribution < -0.4 is 9.47 Å². The first-order chi connectivity index (χ1) is 17.0. The van der Waals surface area contributed by atoms with E-state index in [1.807, 2.05) is 62.6 Å². The molecule has 0 N–H and O–H groups in total. The number of amides is 1. The fourth-order valence-corrected chi connectivity index (χ4v) is 3.57. The molecule has 0 aromatic heterocycles. The number of carbonyl (C=O) groups excluding carboxylic acids is 1. The van der Waals surface area contributed by atoms with Gasteiger partial charge in [0.1, 0.15) is 17.6 Å². The lowest BCUT2D eigenvalue weighted by molar-refractivity contribution is -0.137. The SMILES string of the molecule is CC(c1cccc(OC(=O)N(C)CCC(Oc2ccc(C(F)(F)F)cc2)c2ccccc2)c1)N(C)C. The summed E-state index contributed by atoms with van der Waals surface area (Å²) in [5.74, 6) is 0.771. The van der Waals surface area contributed by atoms with Crippen LogP contribution in [-0.2, 0) is 6.18 Å². The van der Waals surface area contributed by atoms with Crippen LogP contribution in [0.2, 0.25) is 0 Å². The summed E-state index contributed by atoms with van der Waals surface area (Å²) < 4.78 is 50.3. The third-order valence-corrected chi connectivity index (χ3v) is 5.99. The Morgan fingerprint density at radius 2 is 1.50 bits per heavy atom. The minimum atomic E-state index is -4.41. The molecule has 0 saturated carbocycles. The standard InChI is InChI=1S/C28H31F3N2O3/c1-20(32(2)3)22-11-8-12-25(19-22)36-27(34)33(4)18-17-26(21-9-6-5-7-10-21)35-24-15-13-23(14-16-24)28(29,30)31/h5-16,19-20,26H,17-18H2,1-4H3. The zero-order valence-corrected chi connectivity index (χ0v) is 20.8. The summed E-state index contributed by atoms with van der Waals surface area (Å²) in [5.41, 5.74) is 1.14. The normalized spacial score (nSPS) is 13.2. The Bertz CT molecular complexity index is 1120. The molecule has 3 aromatic carbocycles. The van der Waals surface area contributed by atoms with Crippen molar-refractivity contribution in [2.45, 2.75) is 31.7 Å². The van der Waals surface area contributed by atoms with E-state index >= 15 is 0 Å². The summed E-state index contributed by atoms with van der Waals surface area (Å²) in [6.07, 6.45) is -4.98. The summed E-state index contributed by atoms with van der Waals surface area (Å²) >= 11 is 0. The molecule has 0 radical (unpaired) electrons. The number of alkyl halides is 3. The van der Waals surface area contributed by atoms with E-state index in [9.17, 15) is 18.0 Å². The van der Waals surface area contributed by atoms with Crippen molar-refractivity contribution in [3.8, 4) is 11.5 Å². The Labute approximate surface area is 210 Å². The molecule has 0 spiro atoms. The smallest absolute Gasteiger partial charge is 0.416 e. The summed E-state index contributed by atoms with van der Waals surface area (Å²) in [6, 6.07) is 21.5. The molecule has 3 rings (SSSR count). The Morgan fingerprint density at radius 3 is 2.11 bits per heavy atom. The first-order valence-electron chi connectivity index (χ1n) is 11.6. The number of nitrogens with zero attached hydrogens (tertiary/aromatic N) is 2. The van der Waals surface area contributed by atoms with E-state index in [-0.39, 0.29) is 6.04 Å². The van der Waals surface area contributed by atoms with Gasteiger partial charge in [0.2, 0.25) is 0 Å². The minimum Gasteiger partial charge on any atom is -0.486 e. The minimum absolute atomic E-state index is 0.162.